The van der Waals surface area contributed by atoms with Crippen LogP contribution in [0.4, 0.5) is 0 Å². The summed E-state index contributed by atoms with van der Waals surface area (Å²) in [4.78, 5) is 0. The third-order valence-electron chi connectivity index (χ3n) is 4.16. The van der Waals surface area contributed by atoms with Crippen LogP contribution in [0.15, 0.2) is 12.7 Å². The minimum absolute atomic E-state index is 0. The van der Waals surface area contributed by atoms with Crippen LogP contribution in [-0.4, -0.2) is 6.61 Å². The van der Waals surface area contributed by atoms with E-state index >= 15 is 0 Å². The first-order valence-electron chi connectivity index (χ1n) is 7.52. The maximum atomic E-state index is 4.83. The molecule has 2 rings (SSSR count). The summed E-state index contributed by atoms with van der Waals surface area (Å²) in [6.45, 7) is 11.4. The quantitative estimate of drug-likeness (QED) is 0.381. The molecule has 0 aromatic heterocycles. The number of rotatable bonds is 4. The van der Waals surface area contributed by atoms with E-state index in [1.807, 2.05) is 6.61 Å². The molecule has 0 radical (unpaired) electrons. The van der Waals surface area contributed by atoms with Crippen molar-refractivity contribution in [1.29, 1.82) is 0 Å². The molecule has 1 aliphatic heterocycles. The van der Waals surface area contributed by atoms with Crippen molar-refractivity contribution < 1.29 is 18.1 Å². The van der Waals surface area contributed by atoms with Crippen LogP contribution in [0.2, 0.25) is 0 Å². The van der Waals surface area contributed by atoms with E-state index in [1.165, 1.54) is 44.9 Å². The molecule has 4 heteroatoms. The van der Waals surface area contributed by atoms with Crippen LogP contribution < -0.4 is 0 Å². The van der Waals surface area contributed by atoms with Gasteiger partial charge in [0.05, 0.1) is 0 Å². The van der Waals surface area contributed by atoms with Gasteiger partial charge in [0.15, 0.2) is 0 Å². The summed E-state index contributed by atoms with van der Waals surface area (Å²) in [6, 6.07) is 0. The van der Waals surface area contributed by atoms with Gasteiger partial charge in [-0.1, -0.05) is 39.2 Å². The molecule has 2 aliphatic rings. The molecule has 0 atom stereocenters. The summed E-state index contributed by atoms with van der Waals surface area (Å²) in [5, 5.41) is 0. The van der Waals surface area contributed by atoms with Crippen LogP contribution in [0.25, 0.3) is 0 Å². The summed E-state index contributed by atoms with van der Waals surface area (Å²) < 4.78 is 4.82. The Kier molecular flexibility index (Phi) is 18.0. The number of halogens is 2. The summed E-state index contributed by atoms with van der Waals surface area (Å²) in [5.41, 5.74) is 0.560. The third kappa shape index (κ3) is 13.0. The molecule has 1 saturated heterocycles. The predicted molar refractivity (Wildman–Crippen MR) is 92.8 cm³/mol. The zero-order valence-electron chi connectivity index (χ0n) is 13.9. The monoisotopic (exact) mass is 374 g/mol. The van der Waals surface area contributed by atoms with Crippen LogP contribution in [-0.2, 0) is 18.1 Å². The van der Waals surface area contributed by atoms with Crippen molar-refractivity contribution in [2.45, 2.75) is 65.2 Å². The molecule has 0 N–H and O–H groups in total. The summed E-state index contributed by atoms with van der Waals surface area (Å²) in [6.07, 6.45) is 12.8. The Morgan fingerprint density at radius 2 is 1.86 bits per heavy atom. The Bertz CT molecular complexity index is 217. The molecular weight excluding hydrogens is 343 g/mol. The fraction of sp³-hybridized carbons (Fsp3) is 0.765. The molecule has 21 heavy (non-hydrogen) atoms. The Morgan fingerprint density at radius 1 is 1.29 bits per heavy atom. The van der Waals surface area contributed by atoms with Crippen molar-refractivity contribution >= 4 is 20.1 Å². The molecule has 1 saturated carbocycles. The molecule has 1 aliphatic carbocycles. The predicted octanol–water partition coefficient (Wildman–Crippen LogP) is 6.95. The van der Waals surface area contributed by atoms with Gasteiger partial charge >= 0.3 is 33.5 Å². The van der Waals surface area contributed by atoms with E-state index in [9.17, 15) is 0 Å². The van der Waals surface area contributed by atoms with Crippen molar-refractivity contribution in [3.05, 3.63) is 26.7 Å². The van der Waals surface area contributed by atoms with E-state index in [0.29, 0.717) is 5.41 Å². The zero-order valence-corrected chi connectivity index (χ0v) is 16.7. The van der Waals surface area contributed by atoms with Gasteiger partial charge in [0, 0.05) is 6.61 Å². The molecule has 0 amide bonds. The molecule has 128 valence electrons. The molecule has 0 spiro atoms. The first-order chi connectivity index (χ1) is 9.58. The van der Waals surface area contributed by atoms with Gasteiger partial charge in [-0.15, -0.1) is 6.58 Å². The molecular formula is C17H32Cl2CrO-2. The molecule has 1 nitrogen and oxygen atoms in total. The minimum atomic E-state index is -0.181. The van der Waals surface area contributed by atoms with Crippen molar-refractivity contribution in [3.8, 4) is 0 Å². The fourth-order valence-corrected chi connectivity index (χ4v) is 2.80. The van der Waals surface area contributed by atoms with Crippen molar-refractivity contribution in [2.24, 2.45) is 11.3 Å². The number of hydrogen-bond acceptors (Lipinski definition) is 1. The van der Waals surface area contributed by atoms with Crippen LogP contribution in [0, 0.1) is 25.4 Å². The van der Waals surface area contributed by atoms with Gasteiger partial charge in [-0.2, -0.15) is 6.42 Å². The topological polar surface area (TPSA) is 9.23 Å². The second-order valence-electron chi connectivity index (χ2n) is 6.04. The molecule has 0 bridgehead atoms. The number of hydrogen-bond donors (Lipinski definition) is 0. The average molecular weight is 375 g/mol. The van der Waals surface area contributed by atoms with Gasteiger partial charge in [-0.25, -0.2) is 6.61 Å². The van der Waals surface area contributed by atoms with Crippen molar-refractivity contribution in [1.82, 2.24) is 0 Å². The van der Waals surface area contributed by atoms with E-state index < -0.39 is 0 Å². The summed E-state index contributed by atoms with van der Waals surface area (Å²) in [7, 11) is 9.65. The molecule has 1 heterocycles. The Hall–Kier alpha value is 0.812. The van der Waals surface area contributed by atoms with Crippen LogP contribution >= 0.6 is 20.1 Å². The zero-order chi connectivity index (χ0) is 15.3. The van der Waals surface area contributed by atoms with Crippen LogP contribution in [0.3, 0.4) is 0 Å². The summed E-state index contributed by atoms with van der Waals surface area (Å²) >= 11 is -0.181. The SMILES string of the molecule is C=CCCC(C)(C)C1CCCC1.[CH-]1CCCO1.[CH3-].[Cl][Cr][Cl]. The molecule has 0 aromatic rings. The van der Waals surface area contributed by atoms with Crippen LogP contribution in [0.1, 0.15) is 65.2 Å². The van der Waals surface area contributed by atoms with Gasteiger partial charge in [-0.3, -0.25) is 0 Å². The Labute approximate surface area is 147 Å². The van der Waals surface area contributed by atoms with E-state index in [-0.39, 0.29) is 20.8 Å². The average Bonchev–Trinajstić information content (AvgIpc) is 3.11. The van der Waals surface area contributed by atoms with Crippen LogP contribution in [0.5, 0.6) is 0 Å². The van der Waals surface area contributed by atoms with Crippen molar-refractivity contribution in [2.75, 3.05) is 6.61 Å². The standard InChI is InChI=1S/C12H22.C4H7O.CH3.2ClH.Cr/c1-4-5-10-12(2,3)11-8-6-7-9-11;1-2-4-5-3-1;;;;/h4,11H,1,5-10H2,2-3H3;3H,1-2,4H2;1H3;2*1H;/q;2*-1;;;+2/p-2. The fourth-order valence-electron chi connectivity index (χ4n) is 2.80. The van der Waals surface area contributed by atoms with Gasteiger partial charge in [0.1, 0.15) is 0 Å². The van der Waals surface area contributed by atoms with E-state index in [1.54, 1.807) is 0 Å². The molecule has 0 unspecified atom stereocenters. The van der Waals surface area contributed by atoms with E-state index in [2.05, 4.69) is 26.5 Å². The second kappa shape index (κ2) is 15.7. The number of ether oxygens (including phenoxy) is 1. The van der Waals surface area contributed by atoms with Gasteiger partial charge < -0.3 is 12.2 Å². The number of allylic oxidation sites excluding steroid dienone is 1. The molecule has 0 aromatic carbocycles. The normalized spacial score (nSPS) is 17.9. The van der Waals surface area contributed by atoms with Gasteiger partial charge in [0.2, 0.25) is 0 Å². The van der Waals surface area contributed by atoms with Crippen molar-refractivity contribution in [3.63, 3.8) is 0 Å². The molecule has 2 fully saturated rings. The maximum absolute atomic E-state index is 4.83. The van der Waals surface area contributed by atoms with E-state index in [4.69, 9.17) is 24.8 Å². The first-order valence-corrected chi connectivity index (χ1v) is 11.0. The summed E-state index contributed by atoms with van der Waals surface area (Å²) in [5.74, 6) is 0.984. The third-order valence-corrected chi connectivity index (χ3v) is 4.16. The Balaban J connectivity index is 0. The first kappa shape index (κ1) is 24.1. The van der Waals surface area contributed by atoms with Gasteiger partial charge in [0.25, 0.3) is 0 Å². The van der Waals surface area contributed by atoms with E-state index in [0.717, 1.165) is 18.9 Å². The van der Waals surface area contributed by atoms with Gasteiger partial charge in [-0.05, 0) is 37.0 Å². The Morgan fingerprint density at radius 3 is 2.19 bits per heavy atom. The second-order valence-corrected chi connectivity index (χ2v) is 8.14.